The second-order valence-electron chi connectivity index (χ2n) is 4.86. The van der Waals surface area contributed by atoms with Crippen LogP contribution in [0.4, 0.5) is 5.69 Å². The summed E-state index contributed by atoms with van der Waals surface area (Å²) in [7, 11) is 0. The molecule has 2 aromatic carbocycles. The number of anilines is 1. The van der Waals surface area contributed by atoms with Crippen molar-refractivity contribution in [2.75, 3.05) is 10.8 Å². The molecule has 0 bridgehead atoms. The van der Waals surface area contributed by atoms with Crippen LogP contribution in [0.3, 0.4) is 0 Å². The first kappa shape index (κ1) is 14.0. The van der Waals surface area contributed by atoms with E-state index in [1.807, 2.05) is 11.8 Å². The van der Waals surface area contributed by atoms with Gasteiger partial charge in [-0.15, -0.1) is 11.8 Å². The number of rotatable bonds is 6. The lowest BCUT2D eigenvalue weighted by molar-refractivity contribution is 0.899. The molecule has 2 heteroatoms. The van der Waals surface area contributed by atoms with Gasteiger partial charge < -0.3 is 4.90 Å². The molecule has 0 aliphatic rings. The first-order chi connectivity index (χ1) is 9.25. The minimum atomic E-state index is 0.655. The minimum absolute atomic E-state index is 0.655. The van der Waals surface area contributed by atoms with E-state index in [1.165, 1.54) is 11.3 Å². The lowest BCUT2D eigenvalue weighted by Gasteiger charge is -2.25. The van der Waals surface area contributed by atoms with Gasteiger partial charge in [0.05, 0.1) is 5.88 Å². The van der Waals surface area contributed by atoms with E-state index in [9.17, 15) is 0 Å². The Labute approximate surface area is 120 Å². The summed E-state index contributed by atoms with van der Waals surface area (Å²) in [5.41, 5.74) is 2.65. The van der Waals surface area contributed by atoms with E-state index in [2.05, 4.69) is 79.4 Å². The predicted octanol–water partition coefficient (Wildman–Crippen LogP) is 4.79. The molecule has 0 radical (unpaired) electrons. The molecule has 1 nitrogen and oxygen atoms in total. The van der Waals surface area contributed by atoms with Crippen molar-refractivity contribution < 1.29 is 0 Å². The van der Waals surface area contributed by atoms with Gasteiger partial charge in [0.1, 0.15) is 0 Å². The van der Waals surface area contributed by atoms with Gasteiger partial charge in [-0.3, -0.25) is 0 Å². The van der Waals surface area contributed by atoms with Crippen LogP contribution in [0, 0.1) is 0 Å². The van der Waals surface area contributed by atoms with Gasteiger partial charge in [-0.2, -0.15) is 0 Å². The monoisotopic (exact) mass is 271 g/mol. The van der Waals surface area contributed by atoms with Crippen molar-refractivity contribution in [1.29, 1.82) is 0 Å². The van der Waals surface area contributed by atoms with Gasteiger partial charge in [0.25, 0.3) is 0 Å². The van der Waals surface area contributed by atoms with Gasteiger partial charge in [-0.1, -0.05) is 62.4 Å². The maximum atomic E-state index is 2.43. The summed E-state index contributed by atoms with van der Waals surface area (Å²) in [6.07, 6.45) is 0. The molecule has 0 spiro atoms. The number of benzene rings is 2. The number of para-hydroxylation sites is 1. The quantitative estimate of drug-likeness (QED) is 0.695. The van der Waals surface area contributed by atoms with Gasteiger partial charge in [0.2, 0.25) is 0 Å². The molecule has 0 heterocycles. The van der Waals surface area contributed by atoms with E-state index in [-0.39, 0.29) is 0 Å². The fourth-order valence-electron chi connectivity index (χ4n) is 1.89. The lowest BCUT2D eigenvalue weighted by atomic mass is 10.2. The Morgan fingerprint density at radius 3 is 2.05 bits per heavy atom. The maximum absolute atomic E-state index is 2.43. The molecule has 2 rings (SSSR count). The second kappa shape index (κ2) is 7.25. The Balaban J connectivity index is 2.10. The number of hydrogen-bond donors (Lipinski definition) is 0. The van der Waals surface area contributed by atoms with Crippen LogP contribution >= 0.6 is 11.8 Å². The summed E-state index contributed by atoms with van der Waals surface area (Å²) in [6, 6.07) is 21.3. The second-order valence-corrected chi connectivity index (χ2v) is 6.40. The van der Waals surface area contributed by atoms with Crippen LogP contribution in [0.5, 0.6) is 0 Å². The smallest absolute Gasteiger partial charge is 0.0645 e. The summed E-state index contributed by atoms with van der Waals surface area (Å²) in [6.45, 7) is 5.46. The van der Waals surface area contributed by atoms with Crippen LogP contribution in [0.2, 0.25) is 0 Å². The van der Waals surface area contributed by atoms with E-state index in [0.717, 1.165) is 12.4 Å². The van der Waals surface area contributed by atoms with Crippen molar-refractivity contribution in [2.45, 2.75) is 25.6 Å². The molecule has 0 saturated heterocycles. The van der Waals surface area contributed by atoms with Crippen LogP contribution in [-0.2, 0) is 6.54 Å². The molecular weight excluding hydrogens is 250 g/mol. The molecule has 0 aromatic heterocycles. The van der Waals surface area contributed by atoms with Crippen LogP contribution in [0.25, 0.3) is 0 Å². The van der Waals surface area contributed by atoms with Gasteiger partial charge in [-0.05, 0) is 17.7 Å². The highest BCUT2D eigenvalue weighted by Crippen LogP contribution is 2.21. The van der Waals surface area contributed by atoms with E-state index in [4.69, 9.17) is 0 Å². The maximum Gasteiger partial charge on any atom is 0.0645 e. The lowest BCUT2D eigenvalue weighted by Crippen LogP contribution is -2.22. The van der Waals surface area contributed by atoms with Crippen LogP contribution in [0.1, 0.15) is 19.4 Å². The Morgan fingerprint density at radius 2 is 1.47 bits per heavy atom. The molecule has 0 saturated carbocycles. The summed E-state index contributed by atoms with van der Waals surface area (Å²) >= 11 is 1.98. The van der Waals surface area contributed by atoms with Gasteiger partial charge >= 0.3 is 0 Å². The molecule has 0 aliphatic carbocycles. The molecule has 2 aromatic rings. The summed E-state index contributed by atoms with van der Waals surface area (Å²) in [4.78, 5) is 2.43. The van der Waals surface area contributed by atoms with Crippen LogP contribution in [-0.4, -0.2) is 11.1 Å². The zero-order chi connectivity index (χ0) is 13.5. The molecule has 0 N–H and O–H groups in total. The van der Waals surface area contributed by atoms with Gasteiger partial charge in [0.15, 0.2) is 0 Å². The summed E-state index contributed by atoms with van der Waals surface area (Å²) in [5.74, 6) is 1.02. The van der Waals surface area contributed by atoms with E-state index < -0.39 is 0 Å². The zero-order valence-electron chi connectivity index (χ0n) is 11.6. The van der Waals surface area contributed by atoms with Crippen LogP contribution in [0.15, 0.2) is 60.7 Å². The largest absolute Gasteiger partial charge is 0.358 e. The van der Waals surface area contributed by atoms with E-state index >= 15 is 0 Å². The first-order valence-corrected chi connectivity index (χ1v) is 7.76. The highest BCUT2D eigenvalue weighted by Gasteiger charge is 2.08. The van der Waals surface area contributed by atoms with Gasteiger partial charge in [0, 0.05) is 17.5 Å². The van der Waals surface area contributed by atoms with Crippen LogP contribution < -0.4 is 4.90 Å². The van der Waals surface area contributed by atoms with Crippen molar-refractivity contribution in [1.82, 2.24) is 0 Å². The van der Waals surface area contributed by atoms with Crippen molar-refractivity contribution in [3.63, 3.8) is 0 Å². The third kappa shape index (κ3) is 4.64. The van der Waals surface area contributed by atoms with Crippen molar-refractivity contribution >= 4 is 17.4 Å². The minimum Gasteiger partial charge on any atom is -0.358 e. The van der Waals surface area contributed by atoms with Gasteiger partial charge in [-0.25, -0.2) is 0 Å². The SMILES string of the molecule is CC(C)SCN(Cc1ccccc1)c1ccccc1. The standard InChI is InChI=1S/C17H21NS/c1-15(2)19-14-18(17-11-7-4-8-12-17)13-16-9-5-3-6-10-16/h3-12,15H,13-14H2,1-2H3. The normalized spacial score (nSPS) is 10.7. The predicted molar refractivity (Wildman–Crippen MR) is 86.7 cm³/mol. The fraction of sp³-hybridized carbons (Fsp3) is 0.294. The molecule has 19 heavy (non-hydrogen) atoms. The Kier molecular flexibility index (Phi) is 5.34. The zero-order valence-corrected chi connectivity index (χ0v) is 12.4. The van der Waals surface area contributed by atoms with Crippen molar-refractivity contribution in [3.8, 4) is 0 Å². The number of thioether (sulfide) groups is 1. The Morgan fingerprint density at radius 1 is 0.895 bits per heavy atom. The summed E-state index contributed by atoms with van der Waals surface area (Å²) in [5, 5.41) is 0.655. The fourth-order valence-corrected chi connectivity index (χ4v) is 2.61. The molecule has 0 unspecified atom stereocenters. The van der Waals surface area contributed by atoms with Crippen molar-refractivity contribution in [3.05, 3.63) is 66.2 Å². The number of nitrogens with zero attached hydrogens (tertiary/aromatic N) is 1. The third-order valence-corrected chi connectivity index (χ3v) is 4.03. The molecule has 0 fully saturated rings. The Bertz CT molecular complexity index is 467. The first-order valence-electron chi connectivity index (χ1n) is 6.71. The topological polar surface area (TPSA) is 3.24 Å². The molecule has 100 valence electrons. The van der Waals surface area contributed by atoms with E-state index in [1.54, 1.807) is 0 Å². The molecule has 0 aliphatic heterocycles. The highest BCUT2D eigenvalue weighted by molar-refractivity contribution is 7.99. The molecule has 0 atom stereocenters. The number of hydrogen-bond acceptors (Lipinski definition) is 2. The molecule has 0 amide bonds. The summed E-state index contributed by atoms with van der Waals surface area (Å²) < 4.78 is 0. The average molecular weight is 271 g/mol. The Hall–Kier alpha value is -1.41. The van der Waals surface area contributed by atoms with Crippen molar-refractivity contribution in [2.24, 2.45) is 0 Å². The van der Waals surface area contributed by atoms with E-state index in [0.29, 0.717) is 5.25 Å². The third-order valence-electron chi connectivity index (χ3n) is 2.90. The highest BCUT2D eigenvalue weighted by atomic mass is 32.2. The average Bonchev–Trinajstić information content (AvgIpc) is 2.45. The molecular formula is C17H21NS.